The maximum absolute atomic E-state index is 12.9. The van der Waals surface area contributed by atoms with E-state index in [1.165, 1.54) is 0 Å². The van der Waals surface area contributed by atoms with Crippen LogP contribution in [0.1, 0.15) is 0 Å². The lowest BCUT2D eigenvalue weighted by Gasteiger charge is -2.04. The van der Waals surface area contributed by atoms with Crippen LogP contribution >= 0.6 is 0 Å². The number of benzene rings is 1. The van der Waals surface area contributed by atoms with Crippen LogP contribution in [0.4, 0.5) is 27.6 Å². The van der Waals surface area contributed by atoms with Gasteiger partial charge in [-0.1, -0.05) is 0 Å². The number of halogens is 5. The molecule has 0 unspecified atom stereocenters. The molecule has 1 aromatic carbocycles. The van der Waals surface area contributed by atoms with E-state index in [4.69, 9.17) is 11.6 Å². The number of hydrazine groups is 1. The van der Waals surface area contributed by atoms with Crippen molar-refractivity contribution >= 4 is 11.6 Å². The van der Waals surface area contributed by atoms with Gasteiger partial charge in [0.15, 0.2) is 23.3 Å². The van der Waals surface area contributed by atoms with Crippen LogP contribution in [0.5, 0.6) is 0 Å². The van der Waals surface area contributed by atoms with Crippen molar-refractivity contribution in [2.45, 2.75) is 0 Å². The normalized spacial score (nSPS) is 11.8. The third-order valence-electron chi connectivity index (χ3n) is 1.57. The summed E-state index contributed by atoms with van der Waals surface area (Å²) in [7, 11) is 0. The van der Waals surface area contributed by atoms with Gasteiger partial charge in [0.2, 0.25) is 11.8 Å². The van der Waals surface area contributed by atoms with E-state index in [1.807, 2.05) is 0 Å². The Hall–Kier alpha value is -1.90. The number of guanidine groups is 1. The Morgan fingerprint density at radius 1 is 0.875 bits per heavy atom. The molecule has 1 aromatic rings. The highest BCUT2D eigenvalue weighted by Crippen LogP contribution is 2.29. The molecule has 88 valence electrons. The lowest BCUT2D eigenvalue weighted by atomic mass is 10.2. The van der Waals surface area contributed by atoms with E-state index in [2.05, 4.69) is 4.99 Å². The fourth-order valence-electron chi connectivity index (χ4n) is 0.844. The molecular weight excluding hydrogens is 235 g/mol. The quantitative estimate of drug-likeness (QED) is 0.129. The van der Waals surface area contributed by atoms with Gasteiger partial charge in [0.05, 0.1) is 0 Å². The summed E-state index contributed by atoms with van der Waals surface area (Å²) in [4.78, 5) is 2.90. The zero-order valence-electron chi connectivity index (χ0n) is 7.49. The number of nitrogens with zero attached hydrogens (tertiary/aromatic N) is 1. The van der Waals surface area contributed by atoms with Crippen LogP contribution in [0, 0.1) is 29.1 Å². The summed E-state index contributed by atoms with van der Waals surface area (Å²) in [6.07, 6.45) is 0. The Morgan fingerprint density at radius 3 is 1.62 bits per heavy atom. The van der Waals surface area contributed by atoms with Crippen LogP contribution in [-0.2, 0) is 0 Å². The minimum atomic E-state index is -2.27. The SMILES string of the molecule is NNC(N)=Nc1c(F)c(F)c(F)c(F)c1F. The maximum Gasteiger partial charge on any atom is 0.208 e. The second-order valence-corrected chi connectivity index (χ2v) is 2.56. The van der Waals surface area contributed by atoms with Crippen molar-refractivity contribution in [1.82, 2.24) is 5.43 Å². The first-order valence-corrected chi connectivity index (χ1v) is 3.72. The van der Waals surface area contributed by atoms with Crippen molar-refractivity contribution in [3.05, 3.63) is 29.1 Å². The molecule has 16 heavy (non-hydrogen) atoms. The molecular formula is C7H5F5N4. The number of hydrogen-bond acceptors (Lipinski definition) is 2. The lowest BCUT2D eigenvalue weighted by molar-refractivity contribution is 0.381. The molecule has 0 saturated heterocycles. The van der Waals surface area contributed by atoms with Crippen molar-refractivity contribution in [3.8, 4) is 0 Å². The molecule has 4 nitrogen and oxygen atoms in total. The summed E-state index contributed by atoms with van der Waals surface area (Å²) in [6, 6.07) is 0. The Kier molecular flexibility index (Phi) is 3.28. The Balaban J connectivity index is 3.52. The molecule has 0 amide bonds. The molecule has 9 heteroatoms. The van der Waals surface area contributed by atoms with Gasteiger partial charge in [-0.15, -0.1) is 0 Å². The topological polar surface area (TPSA) is 76.4 Å². The minimum Gasteiger partial charge on any atom is -0.369 e. The summed E-state index contributed by atoms with van der Waals surface area (Å²) in [5.74, 6) is -6.66. The van der Waals surface area contributed by atoms with Gasteiger partial charge >= 0.3 is 0 Å². The highest BCUT2D eigenvalue weighted by atomic mass is 19.2. The summed E-state index contributed by atoms with van der Waals surface area (Å²) in [6.45, 7) is 0. The number of nitrogens with two attached hydrogens (primary N) is 2. The second-order valence-electron chi connectivity index (χ2n) is 2.56. The number of hydrogen-bond donors (Lipinski definition) is 3. The molecule has 0 heterocycles. The molecule has 0 atom stereocenters. The van der Waals surface area contributed by atoms with Gasteiger partial charge in [-0.3, -0.25) is 5.43 Å². The molecule has 0 aliphatic carbocycles. The number of nitrogens with one attached hydrogen (secondary N) is 1. The van der Waals surface area contributed by atoms with Gasteiger partial charge < -0.3 is 5.73 Å². The number of aliphatic imine (C=N–C) groups is 1. The van der Waals surface area contributed by atoms with Crippen molar-refractivity contribution in [2.75, 3.05) is 0 Å². The minimum absolute atomic E-state index is 0.705. The zero-order chi connectivity index (χ0) is 12.5. The lowest BCUT2D eigenvalue weighted by Crippen LogP contribution is -2.36. The second kappa shape index (κ2) is 4.31. The van der Waals surface area contributed by atoms with E-state index in [1.54, 1.807) is 5.43 Å². The van der Waals surface area contributed by atoms with Crippen LogP contribution < -0.4 is 17.0 Å². The van der Waals surface area contributed by atoms with Crippen LogP contribution in [0.15, 0.2) is 4.99 Å². The smallest absolute Gasteiger partial charge is 0.208 e. The first-order chi connectivity index (χ1) is 7.40. The van der Waals surface area contributed by atoms with Crippen molar-refractivity contribution in [3.63, 3.8) is 0 Å². The molecule has 1 rings (SSSR count). The summed E-state index contributed by atoms with van der Waals surface area (Å²) in [5.41, 5.74) is 5.19. The summed E-state index contributed by atoms with van der Waals surface area (Å²) < 4.78 is 63.7. The van der Waals surface area contributed by atoms with E-state index in [0.717, 1.165) is 0 Å². The molecule has 0 aliphatic heterocycles. The summed E-state index contributed by atoms with van der Waals surface area (Å²) >= 11 is 0. The van der Waals surface area contributed by atoms with Crippen molar-refractivity contribution < 1.29 is 22.0 Å². The molecule has 0 aromatic heterocycles. The third-order valence-corrected chi connectivity index (χ3v) is 1.57. The average Bonchev–Trinajstić information content (AvgIpc) is 2.29. The maximum atomic E-state index is 12.9. The third kappa shape index (κ3) is 1.89. The van der Waals surface area contributed by atoms with Gasteiger partial charge in [0.1, 0.15) is 5.69 Å². The highest BCUT2D eigenvalue weighted by Gasteiger charge is 2.25. The molecule has 0 bridgehead atoms. The molecule has 5 N–H and O–H groups in total. The summed E-state index contributed by atoms with van der Waals surface area (Å²) in [5, 5.41) is 0. The largest absolute Gasteiger partial charge is 0.369 e. The molecule has 0 aliphatic rings. The van der Waals surface area contributed by atoms with Gasteiger partial charge in [-0.05, 0) is 0 Å². The van der Waals surface area contributed by atoms with Gasteiger partial charge in [-0.25, -0.2) is 32.8 Å². The monoisotopic (exact) mass is 240 g/mol. The van der Waals surface area contributed by atoms with E-state index in [0.29, 0.717) is 0 Å². The Labute approximate surface area is 85.7 Å². The van der Waals surface area contributed by atoms with E-state index >= 15 is 0 Å². The molecule has 0 spiro atoms. The Bertz CT molecular complexity index is 430. The fraction of sp³-hybridized carbons (Fsp3) is 0. The predicted molar refractivity (Wildman–Crippen MR) is 44.8 cm³/mol. The molecule has 0 saturated carbocycles. The first-order valence-electron chi connectivity index (χ1n) is 3.72. The molecule has 0 radical (unpaired) electrons. The standard InChI is InChI=1S/C7H5F5N4/c8-1-2(9)4(11)6(5(12)3(1)10)15-7(13)16-14/h14H2,(H3,13,15,16). The van der Waals surface area contributed by atoms with Crippen LogP contribution in [-0.4, -0.2) is 5.96 Å². The van der Waals surface area contributed by atoms with Crippen molar-refractivity contribution in [2.24, 2.45) is 16.6 Å². The van der Waals surface area contributed by atoms with Crippen LogP contribution in [0.2, 0.25) is 0 Å². The fourth-order valence-corrected chi connectivity index (χ4v) is 0.844. The molecule has 0 fully saturated rings. The van der Waals surface area contributed by atoms with Crippen LogP contribution in [0.25, 0.3) is 0 Å². The van der Waals surface area contributed by atoms with Gasteiger partial charge in [0.25, 0.3) is 0 Å². The van der Waals surface area contributed by atoms with E-state index in [9.17, 15) is 22.0 Å². The van der Waals surface area contributed by atoms with E-state index < -0.39 is 40.7 Å². The zero-order valence-corrected chi connectivity index (χ0v) is 7.49. The average molecular weight is 240 g/mol. The van der Waals surface area contributed by atoms with E-state index in [-0.39, 0.29) is 0 Å². The predicted octanol–water partition coefficient (Wildman–Crippen LogP) is 0.792. The van der Waals surface area contributed by atoms with Gasteiger partial charge in [-0.2, -0.15) is 0 Å². The van der Waals surface area contributed by atoms with Crippen molar-refractivity contribution in [1.29, 1.82) is 0 Å². The first kappa shape index (κ1) is 12.2. The number of rotatable bonds is 1. The Morgan fingerprint density at radius 2 is 1.25 bits per heavy atom. The van der Waals surface area contributed by atoms with Gasteiger partial charge in [0, 0.05) is 0 Å². The highest BCUT2D eigenvalue weighted by molar-refractivity contribution is 5.80. The van der Waals surface area contributed by atoms with Crippen LogP contribution in [0.3, 0.4) is 0 Å².